The van der Waals surface area contributed by atoms with Crippen LogP contribution < -0.4 is 0 Å². The molecule has 0 bridgehead atoms. The normalized spacial score (nSPS) is 25.1. The predicted octanol–water partition coefficient (Wildman–Crippen LogP) is 3.47. The van der Waals surface area contributed by atoms with Crippen LogP contribution in [0.3, 0.4) is 0 Å². The van der Waals surface area contributed by atoms with E-state index < -0.39 is 5.60 Å². The Morgan fingerprint density at radius 1 is 1.53 bits per heavy atom. The Morgan fingerprint density at radius 2 is 2.18 bits per heavy atom. The topological polar surface area (TPSA) is 29.5 Å². The molecule has 1 aliphatic rings. The average Bonchev–Trinajstić information content (AvgIpc) is 2.70. The molecule has 0 radical (unpaired) electrons. The van der Waals surface area contributed by atoms with Gasteiger partial charge < -0.3 is 9.84 Å². The lowest BCUT2D eigenvalue weighted by atomic mass is 9.77. The monoisotopic (exact) mass is 238 g/mol. The van der Waals surface area contributed by atoms with Crippen molar-refractivity contribution in [2.75, 3.05) is 6.61 Å². The summed E-state index contributed by atoms with van der Waals surface area (Å²) in [5, 5.41) is 10.6. The largest absolute Gasteiger partial charge is 0.385 e. The van der Waals surface area contributed by atoms with E-state index in [0.717, 1.165) is 31.4 Å². The minimum atomic E-state index is -0.846. The Bertz CT molecular complexity index is 292. The Balaban J connectivity index is 2.84. The molecule has 1 heterocycles. The molecule has 3 atom stereocenters. The zero-order chi connectivity index (χ0) is 13.1. The highest BCUT2D eigenvalue weighted by Gasteiger charge is 2.39. The molecular formula is C15H26O2. The summed E-state index contributed by atoms with van der Waals surface area (Å²) in [4.78, 5) is 0. The fourth-order valence-electron chi connectivity index (χ4n) is 2.34. The number of aliphatic hydroxyl groups is 1. The lowest BCUT2D eigenvalue weighted by molar-refractivity contribution is -0.0430. The van der Waals surface area contributed by atoms with Gasteiger partial charge in [0.05, 0.1) is 11.7 Å². The van der Waals surface area contributed by atoms with Gasteiger partial charge in [0.25, 0.3) is 0 Å². The van der Waals surface area contributed by atoms with Crippen LogP contribution in [0.2, 0.25) is 0 Å². The maximum atomic E-state index is 10.6. The van der Waals surface area contributed by atoms with E-state index in [1.54, 1.807) is 0 Å². The summed E-state index contributed by atoms with van der Waals surface area (Å²) >= 11 is 0. The van der Waals surface area contributed by atoms with Crippen molar-refractivity contribution in [1.82, 2.24) is 0 Å². The summed E-state index contributed by atoms with van der Waals surface area (Å²) in [5.41, 5.74) is 1.26. The maximum absolute atomic E-state index is 10.6. The third kappa shape index (κ3) is 3.68. The van der Waals surface area contributed by atoms with Gasteiger partial charge >= 0.3 is 0 Å². The zero-order valence-electron chi connectivity index (χ0n) is 11.6. The minimum Gasteiger partial charge on any atom is -0.385 e. The third-order valence-electron chi connectivity index (χ3n) is 3.78. The summed E-state index contributed by atoms with van der Waals surface area (Å²) in [6.07, 6.45) is 5.35. The van der Waals surface area contributed by atoms with E-state index >= 15 is 0 Å². The Labute approximate surface area is 105 Å². The Hall–Kier alpha value is -0.600. The molecule has 0 spiro atoms. The van der Waals surface area contributed by atoms with Crippen molar-refractivity contribution >= 4 is 0 Å². The van der Waals surface area contributed by atoms with Gasteiger partial charge in [-0.15, -0.1) is 0 Å². The minimum absolute atomic E-state index is 0.109. The van der Waals surface area contributed by atoms with E-state index in [1.807, 2.05) is 13.8 Å². The molecule has 1 fully saturated rings. The summed E-state index contributed by atoms with van der Waals surface area (Å²) in [5.74, 6) is 0.109. The molecule has 2 nitrogen and oxygen atoms in total. The van der Waals surface area contributed by atoms with Crippen LogP contribution in [-0.2, 0) is 4.74 Å². The van der Waals surface area contributed by atoms with Crippen molar-refractivity contribution in [1.29, 1.82) is 0 Å². The van der Waals surface area contributed by atoms with Gasteiger partial charge in [-0.05, 0) is 52.5 Å². The highest BCUT2D eigenvalue weighted by molar-refractivity contribution is 5.13. The quantitative estimate of drug-likeness (QED) is 0.743. The van der Waals surface area contributed by atoms with E-state index in [1.165, 1.54) is 5.57 Å². The lowest BCUT2D eigenvalue weighted by Gasteiger charge is -2.36. The molecule has 98 valence electrons. The molecule has 0 aromatic carbocycles. The second-order valence-electron chi connectivity index (χ2n) is 5.60. The highest BCUT2D eigenvalue weighted by atomic mass is 16.5. The smallest absolute Gasteiger partial charge is 0.0879 e. The van der Waals surface area contributed by atoms with Crippen LogP contribution in [0.15, 0.2) is 23.8 Å². The molecule has 0 aliphatic carbocycles. The van der Waals surface area contributed by atoms with Crippen LogP contribution in [0, 0.1) is 5.92 Å². The van der Waals surface area contributed by atoms with E-state index in [0.29, 0.717) is 0 Å². The van der Waals surface area contributed by atoms with Crippen molar-refractivity contribution in [3.05, 3.63) is 23.8 Å². The standard InChI is InChI=1S/C15H26O2/c1-11(2)8-9-13(14-7-6-10-17-14)15(5,16)12(3)4/h8,13-14,16H,3,6-7,9-10H2,1-2,4-5H3. The van der Waals surface area contributed by atoms with Crippen molar-refractivity contribution in [3.8, 4) is 0 Å². The second-order valence-corrected chi connectivity index (χ2v) is 5.60. The SMILES string of the molecule is C=C(C)C(C)(O)C(CC=C(C)C)C1CCCO1. The predicted molar refractivity (Wildman–Crippen MR) is 71.9 cm³/mol. The fourth-order valence-corrected chi connectivity index (χ4v) is 2.34. The number of rotatable bonds is 5. The summed E-state index contributed by atoms with van der Waals surface area (Å²) in [6.45, 7) is 12.7. The molecule has 1 N–H and O–H groups in total. The number of hydrogen-bond acceptors (Lipinski definition) is 2. The van der Waals surface area contributed by atoms with Gasteiger partial charge in [0, 0.05) is 12.5 Å². The van der Waals surface area contributed by atoms with Crippen LogP contribution in [0.5, 0.6) is 0 Å². The Morgan fingerprint density at radius 3 is 2.59 bits per heavy atom. The first-order valence-electron chi connectivity index (χ1n) is 6.49. The van der Waals surface area contributed by atoms with Gasteiger partial charge in [0.2, 0.25) is 0 Å². The number of ether oxygens (including phenoxy) is 1. The van der Waals surface area contributed by atoms with Crippen LogP contribution in [0.4, 0.5) is 0 Å². The van der Waals surface area contributed by atoms with Gasteiger partial charge in [-0.1, -0.05) is 18.2 Å². The average molecular weight is 238 g/mol. The molecule has 0 aromatic rings. The molecule has 1 aliphatic heterocycles. The molecule has 3 unspecified atom stereocenters. The number of allylic oxidation sites excluding steroid dienone is 2. The second kappa shape index (κ2) is 5.83. The van der Waals surface area contributed by atoms with Crippen LogP contribution in [-0.4, -0.2) is 23.4 Å². The molecule has 0 aromatic heterocycles. The molecule has 17 heavy (non-hydrogen) atoms. The first kappa shape index (κ1) is 14.5. The molecule has 0 amide bonds. The van der Waals surface area contributed by atoms with Crippen LogP contribution in [0.25, 0.3) is 0 Å². The van der Waals surface area contributed by atoms with Crippen molar-refractivity contribution in [3.63, 3.8) is 0 Å². The summed E-state index contributed by atoms with van der Waals surface area (Å²) in [7, 11) is 0. The maximum Gasteiger partial charge on any atom is 0.0879 e. The highest BCUT2D eigenvalue weighted by Crippen LogP contribution is 2.35. The summed E-state index contributed by atoms with van der Waals surface area (Å²) < 4.78 is 5.75. The molecule has 0 saturated carbocycles. The summed E-state index contributed by atoms with van der Waals surface area (Å²) in [6, 6.07) is 0. The van der Waals surface area contributed by atoms with E-state index in [2.05, 4.69) is 26.5 Å². The first-order valence-corrected chi connectivity index (χ1v) is 6.49. The van der Waals surface area contributed by atoms with E-state index in [4.69, 9.17) is 4.74 Å². The molecule has 1 rings (SSSR count). The van der Waals surface area contributed by atoms with E-state index in [9.17, 15) is 5.11 Å². The van der Waals surface area contributed by atoms with Gasteiger partial charge in [0.15, 0.2) is 0 Å². The van der Waals surface area contributed by atoms with Crippen LogP contribution in [0.1, 0.15) is 47.0 Å². The van der Waals surface area contributed by atoms with Gasteiger partial charge in [-0.2, -0.15) is 0 Å². The Kier molecular flexibility index (Phi) is 4.96. The first-order chi connectivity index (χ1) is 7.85. The van der Waals surface area contributed by atoms with Crippen LogP contribution >= 0.6 is 0 Å². The number of hydrogen-bond donors (Lipinski definition) is 1. The van der Waals surface area contributed by atoms with E-state index in [-0.39, 0.29) is 12.0 Å². The zero-order valence-corrected chi connectivity index (χ0v) is 11.6. The van der Waals surface area contributed by atoms with Gasteiger partial charge in [0.1, 0.15) is 0 Å². The fraction of sp³-hybridized carbons (Fsp3) is 0.733. The van der Waals surface area contributed by atoms with Gasteiger partial charge in [-0.3, -0.25) is 0 Å². The molecule has 1 saturated heterocycles. The lowest BCUT2D eigenvalue weighted by Crippen LogP contribution is -2.42. The van der Waals surface area contributed by atoms with Gasteiger partial charge in [-0.25, -0.2) is 0 Å². The third-order valence-corrected chi connectivity index (χ3v) is 3.78. The van der Waals surface area contributed by atoms with Crippen molar-refractivity contribution in [2.24, 2.45) is 5.92 Å². The van der Waals surface area contributed by atoms with Crippen molar-refractivity contribution < 1.29 is 9.84 Å². The van der Waals surface area contributed by atoms with Crippen molar-refractivity contribution in [2.45, 2.75) is 58.7 Å². The molecule has 2 heteroatoms. The molecular weight excluding hydrogens is 212 g/mol.